The predicted molar refractivity (Wildman–Crippen MR) is 126 cm³/mol. The number of fused-ring (bicyclic) bond motifs is 2. The molecule has 0 aliphatic heterocycles. The molecule has 0 fully saturated rings. The van der Waals surface area contributed by atoms with Crippen molar-refractivity contribution in [2.45, 2.75) is 26.2 Å². The van der Waals surface area contributed by atoms with E-state index in [1.807, 2.05) is 42.5 Å². The molecular weight excluding hydrogens is 406 g/mol. The van der Waals surface area contributed by atoms with Crippen LogP contribution >= 0.6 is 0 Å². The zero-order chi connectivity index (χ0) is 22.7. The number of ether oxygens (including phenoxy) is 2. The molecule has 4 rings (SSSR count). The van der Waals surface area contributed by atoms with Crippen molar-refractivity contribution in [2.24, 2.45) is 0 Å². The van der Waals surface area contributed by atoms with Crippen LogP contribution in [0.25, 0.3) is 21.8 Å². The van der Waals surface area contributed by atoms with Crippen LogP contribution in [0, 0.1) is 0 Å². The molecular formula is C25H25N3O4. The first-order valence-corrected chi connectivity index (χ1v) is 10.3. The van der Waals surface area contributed by atoms with Gasteiger partial charge in [-0.05, 0) is 38.1 Å². The average molecular weight is 431 g/mol. The lowest BCUT2D eigenvalue weighted by Gasteiger charge is -2.19. The molecule has 7 heteroatoms. The number of aliphatic hydroxyl groups excluding tert-OH is 1. The SMILES string of the molecule is COc1cccc2c(NC(O)c3cccc(NC(=O)OC(C)C)c3)c3ccccc3nc12. The first-order valence-electron chi connectivity index (χ1n) is 10.3. The number of hydrogen-bond donors (Lipinski definition) is 3. The molecule has 0 aliphatic carbocycles. The highest BCUT2D eigenvalue weighted by molar-refractivity contribution is 6.09. The molecule has 32 heavy (non-hydrogen) atoms. The van der Waals surface area contributed by atoms with Crippen molar-refractivity contribution in [3.8, 4) is 5.75 Å². The van der Waals surface area contributed by atoms with Crippen LogP contribution in [0.5, 0.6) is 5.75 Å². The van der Waals surface area contributed by atoms with E-state index in [1.165, 1.54) is 0 Å². The lowest BCUT2D eigenvalue weighted by atomic mass is 10.1. The Morgan fingerprint density at radius 3 is 2.53 bits per heavy atom. The number of aromatic nitrogens is 1. The van der Waals surface area contributed by atoms with E-state index in [9.17, 15) is 9.90 Å². The summed E-state index contributed by atoms with van der Waals surface area (Å²) in [4.78, 5) is 16.7. The Morgan fingerprint density at radius 1 is 1.00 bits per heavy atom. The molecule has 3 aromatic carbocycles. The Kier molecular flexibility index (Phi) is 6.09. The molecule has 164 valence electrons. The standard InChI is InChI=1S/C25H25N3O4/c1-15(2)32-25(30)26-17-9-6-8-16(14-17)24(29)28-22-18-10-4-5-12-20(18)27-23-19(22)11-7-13-21(23)31-3/h4-15,24,29H,1-3H3,(H,26,30)(H,27,28). The number of para-hydroxylation sites is 2. The van der Waals surface area contributed by atoms with Gasteiger partial charge in [-0.25, -0.2) is 9.78 Å². The third-order valence-corrected chi connectivity index (χ3v) is 4.97. The molecule has 4 aromatic rings. The maximum atomic E-state index is 11.9. The number of benzene rings is 3. The van der Waals surface area contributed by atoms with Gasteiger partial charge in [-0.1, -0.05) is 42.5 Å². The summed E-state index contributed by atoms with van der Waals surface area (Å²) in [6, 6.07) is 20.4. The number of pyridine rings is 1. The van der Waals surface area contributed by atoms with Crippen molar-refractivity contribution in [3.05, 3.63) is 72.3 Å². The average Bonchev–Trinajstić information content (AvgIpc) is 2.78. The van der Waals surface area contributed by atoms with Gasteiger partial charge in [0.25, 0.3) is 0 Å². The molecule has 1 aromatic heterocycles. The lowest BCUT2D eigenvalue weighted by molar-refractivity contribution is 0.130. The van der Waals surface area contributed by atoms with Gasteiger partial charge in [-0.3, -0.25) is 5.32 Å². The zero-order valence-electron chi connectivity index (χ0n) is 18.1. The van der Waals surface area contributed by atoms with Gasteiger partial charge in [0.2, 0.25) is 0 Å². The fraction of sp³-hybridized carbons (Fsp3) is 0.200. The number of hydrogen-bond acceptors (Lipinski definition) is 6. The van der Waals surface area contributed by atoms with Crippen molar-refractivity contribution < 1.29 is 19.4 Å². The number of nitrogens with zero attached hydrogens (tertiary/aromatic N) is 1. The van der Waals surface area contributed by atoms with E-state index in [-0.39, 0.29) is 6.10 Å². The summed E-state index contributed by atoms with van der Waals surface area (Å²) in [5, 5.41) is 18.6. The monoisotopic (exact) mass is 431 g/mol. The Bertz CT molecular complexity index is 1270. The van der Waals surface area contributed by atoms with Crippen molar-refractivity contribution in [1.82, 2.24) is 4.98 Å². The molecule has 1 heterocycles. The van der Waals surface area contributed by atoms with E-state index in [0.717, 1.165) is 22.0 Å². The largest absolute Gasteiger partial charge is 0.494 e. The van der Waals surface area contributed by atoms with Gasteiger partial charge in [0, 0.05) is 22.0 Å². The van der Waals surface area contributed by atoms with Crippen LogP contribution in [0.3, 0.4) is 0 Å². The van der Waals surface area contributed by atoms with Gasteiger partial charge >= 0.3 is 6.09 Å². The molecule has 3 N–H and O–H groups in total. The molecule has 1 unspecified atom stereocenters. The topological polar surface area (TPSA) is 92.7 Å². The summed E-state index contributed by atoms with van der Waals surface area (Å²) in [6.45, 7) is 3.56. The summed E-state index contributed by atoms with van der Waals surface area (Å²) in [5.41, 5.74) is 3.35. The third kappa shape index (κ3) is 4.43. The number of carbonyl (C=O) groups excluding carboxylic acids is 1. The molecule has 0 radical (unpaired) electrons. The maximum Gasteiger partial charge on any atom is 0.411 e. The number of anilines is 2. The Labute approximate surface area is 186 Å². The van der Waals surface area contributed by atoms with Crippen LogP contribution in [0.2, 0.25) is 0 Å². The molecule has 7 nitrogen and oxygen atoms in total. The van der Waals surface area contributed by atoms with E-state index in [1.54, 1.807) is 45.2 Å². The lowest BCUT2D eigenvalue weighted by Crippen LogP contribution is -2.18. The molecule has 1 atom stereocenters. The molecule has 0 bridgehead atoms. The second kappa shape index (κ2) is 9.11. The van der Waals surface area contributed by atoms with E-state index >= 15 is 0 Å². The minimum atomic E-state index is -1.03. The van der Waals surface area contributed by atoms with Gasteiger partial charge in [-0.2, -0.15) is 0 Å². The van der Waals surface area contributed by atoms with E-state index in [2.05, 4.69) is 10.6 Å². The minimum Gasteiger partial charge on any atom is -0.494 e. The van der Waals surface area contributed by atoms with Crippen molar-refractivity contribution in [1.29, 1.82) is 0 Å². The second-order valence-corrected chi connectivity index (χ2v) is 7.61. The number of amides is 1. The third-order valence-electron chi connectivity index (χ3n) is 4.97. The van der Waals surface area contributed by atoms with Gasteiger partial charge in [-0.15, -0.1) is 0 Å². The summed E-state index contributed by atoms with van der Waals surface area (Å²) < 4.78 is 10.6. The molecule has 0 spiro atoms. The first-order chi connectivity index (χ1) is 15.5. The quantitative estimate of drug-likeness (QED) is 0.277. The number of rotatable bonds is 6. The normalized spacial score (nSPS) is 12.0. The summed E-state index contributed by atoms with van der Waals surface area (Å²) in [7, 11) is 1.61. The second-order valence-electron chi connectivity index (χ2n) is 7.61. The number of nitrogens with one attached hydrogen (secondary N) is 2. The highest BCUT2D eigenvalue weighted by Crippen LogP contribution is 2.36. The van der Waals surface area contributed by atoms with Crippen LogP contribution in [-0.4, -0.2) is 29.4 Å². The fourth-order valence-corrected chi connectivity index (χ4v) is 3.58. The van der Waals surface area contributed by atoms with Crippen LogP contribution in [0.15, 0.2) is 66.7 Å². The first kappa shape index (κ1) is 21.4. The Hall–Kier alpha value is -3.84. The minimum absolute atomic E-state index is 0.226. The smallest absolute Gasteiger partial charge is 0.411 e. The summed E-state index contributed by atoms with van der Waals surface area (Å²) in [5.74, 6) is 0.653. The molecule has 0 saturated heterocycles. The Balaban J connectivity index is 1.70. The zero-order valence-corrected chi connectivity index (χ0v) is 18.1. The van der Waals surface area contributed by atoms with Crippen LogP contribution in [0.4, 0.5) is 16.2 Å². The maximum absolute atomic E-state index is 11.9. The number of carbonyl (C=O) groups is 1. The van der Waals surface area contributed by atoms with Gasteiger partial charge in [0.15, 0.2) is 6.23 Å². The van der Waals surface area contributed by atoms with Gasteiger partial charge in [0.05, 0.1) is 24.4 Å². The molecule has 0 saturated carbocycles. The van der Waals surface area contributed by atoms with E-state index in [4.69, 9.17) is 14.5 Å². The van der Waals surface area contributed by atoms with Crippen molar-refractivity contribution >= 4 is 39.3 Å². The van der Waals surface area contributed by atoms with Crippen molar-refractivity contribution in [3.63, 3.8) is 0 Å². The Morgan fingerprint density at radius 2 is 1.75 bits per heavy atom. The van der Waals surface area contributed by atoms with E-state index in [0.29, 0.717) is 22.5 Å². The number of methoxy groups -OCH3 is 1. The predicted octanol–water partition coefficient (Wildman–Crippen LogP) is 5.46. The van der Waals surface area contributed by atoms with Gasteiger partial charge < -0.3 is 19.9 Å². The van der Waals surface area contributed by atoms with Crippen LogP contribution in [-0.2, 0) is 4.74 Å². The number of aliphatic hydroxyl groups is 1. The summed E-state index contributed by atoms with van der Waals surface area (Å²) in [6.07, 6.45) is -1.80. The van der Waals surface area contributed by atoms with Crippen LogP contribution < -0.4 is 15.4 Å². The highest BCUT2D eigenvalue weighted by atomic mass is 16.6. The molecule has 1 amide bonds. The molecule has 0 aliphatic rings. The van der Waals surface area contributed by atoms with E-state index < -0.39 is 12.3 Å². The van der Waals surface area contributed by atoms with Gasteiger partial charge in [0.1, 0.15) is 11.3 Å². The highest BCUT2D eigenvalue weighted by Gasteiger charge is 2.16. The fourth-order valence-electron chi connectivity index (χ4n) is 3.58. The van der Waals surface area contributed by atoms with Crippen LogP contribution in [0.1, 0.15) is 25.6 Å². The summed E-state index contributed by atoms with van der Waals surface area (Å²) >= 11 is 0. The van der Waals surface area contributed by atoms with Crippen molar-refractivity contribution in [2.75, 3.05) is 17.7 Å².